The molecule has 1 saturated carbocycles. The molecule has 0 aromatic heterocycles. The zero-order valence-corrected chi connectivity index (χ0v) is 9.65. The van der Waals surface area contributed by atoms with Gasteiger partial charge in [-0.2, -0.15) is 0 Å². The van der Waals surface area contributed by atoms with E-state index in [1.165, 1.54) is 32.1 Å². The SMILES string of the molecule is C/C=C\NC=NC/C=C\C1CCCCC1. The van der Waals surface area contributed by atoms with E-state index < -0.39 is 0 Å². The predicted molar refractivity (Wildman–Crippen MR) is 67.0 cm³/mol. The average molecular weight is 206 g/mol. The lowest BCUT2D eigenvalue weighted by Crippen LogP contribution is -2.03. The first-order valence-corrected chi connectivity index (χ1v) is 5.95. The van der Waals surface area contributed by atoms with Crippen molar-refractivity contribution in [1.29, 1.82) is 0 Å². The zero-order chi connectivity index (χ0) is 10.8. The highest BCUT2D eigenvalue weighted by Crippen LogP contribution is 2.24. The van der Waals surface area contributed by atoms with Crippen LogP contribution in [0.25, 0.3) is 0 Å². The largest absolute Gasteiger partial charge is 0.353 e. The van der Waals surface area contributed by atoms with Crippen LogP contribution in [0, 0.1) is 5.92 Å². The Morgan fingerprint density at radius 3 is 2.80 bits per heavy atom. The Kier molecular flexibility index (Phi) is 6.63. The van der Waals surface area contributed by atoms with Crippen LogP contribution in [-0.2, 0) is 0 Å². The molecule has 0 amide bonds. The quantitative estimate of drug-likeness (QED) is 0.417. The fourth-order valence-corrected chi connectivity index (χ4v) is 1.89. The zero-order valence-electron chi connectivity index (χ0n) is 9.65. The third-order valence-electron chi connectivity index (χ3n) is 2.70. The van der Waals surface area contributed by atoms with Crippen molar-refractivity contribution < 1.29 is 0 Å². The topological polar surface area (TPSA) is 24.4 Å². The van der Waals surface area contributed by atoms with E-state index in [9.17, 15) is 0 Å². The Balaban J connectivity index is 2.07. The first kappa shape index (κ1) is 12.0. The highest BCUT2D eigenvalue weighted by atomic mass is 14.9. The van der Waals surface area contributed by atoms with Crippen molar-refractivity contribution in [1.82, 2.24) is 5.32 Å². The van der Waals surface area contributed by atoms with Crippen LogP contribution in [0.1, 0.15) is 39.0 Å². The van der Waals surface area contributed by atoms with E-state index in [4.69, 9.17) is 0 Å². The van der Waals surface area contributed by atoms with Crippen LogP contribution in [0.3, 0.4) is 0 Å². The van der Waals surface area contributed by atoms with E-state index in [1.807, 2.05) is 19.2 Å². The maximum atomic E-state index is 4.22. The molecule has 0 aliphatic heterocycles. The molecule has 84 valence electrons. The molecule has 0 unspecified atom stereocenters. The van der Waals surface area contributed by atoms with Gasteiger partial charge in [0.1, 0.15) is 0 Å². The number of allylic oxidation sites excluding steroid dienone is 2. The molecule has 0 aromatic carbocycles. The molecular weight excluding hydrogens is 184 g/mol. The lowest BCUT2D eigenvalue weighted by atomic mass is 9.89. The molecule has 15 heavy (non-hydrogen) atoms. The molecule has 0 aromatic rings. The number of aliphatic imine (C=N–C) groups is 1. The van der Waals surface area contributed by atoms with Crippen LogP contribution in [0.4, 0.5) is 0 Å². The number of nitrogens with one attached hydrogen (secondary N) is 1. The highest BCUT2D eigenvalue weighted by molar-refractivity contribution is 5.55. The number of hydrogen-bond acceptors (Lipinski definition) is 1. The van der Waals surface area contributed by atoms with Gasteiger partial charge in [-0.1, -0.05) is 37.5 Å². The van der Waals surface area contributed by atoms with Crippen LogP contribution in [-0.4, -0.2) is 12.9 Å². The second-order valence-electron chi connectivity index (χ2n) is 3.99. The normalized spacial score (nSPS) is 19.5. The van der Waals surface area contributed by atoms with Gasteiger partial charge in [0.2, 0.25) is 0 Å². The molecule has 1 aliphatic carbocycles. The predicted octanol–water partition coefficient (Wildman–Crippen LogP) is 3.27. The summed E-state index contributed by atoms with van der Waals surface area (Å²) in [5.74, 6) is 0.817. The van der Waals surface area contributed by atoms with Gasteiger partial charge in [0, 0.05) is 0 Å². The number of nitrogens with zero attached hydrogens (tertiary/aromatic N) is 1. The summed E-state index contributed by atoms with van der Waals surface area (Å²) < 4.78 is 0. The van der Waals surface area contributed by atoms with E-state index in [0.717, 1.165) is 12.5 Å². The van der Waals surface area contributed by atoms with Crippen LogP contribution in [0.15, 0.2) is 29.4 Å². The smallest absolute Gasteiger partial charge is 0.0867 e. The molecule has 0 bridgehead atoms. The van der Waals surface area contributed by atoms with Gasteiger partial charge in [0.15, 0.2) is 0 Å². The summed E-state index contributed by atoms with van der Waals surface area (Å²) in [6.07, 6.45) is 17.1. The van der Waals surface area contributed by atoms with Crippen molar-refractivity contribution in [3.8, 4) is 0 Å². The lowest BCUT2D eigenvalue weighted by molar-refractivity contribution is 0.419. The maximum absolute atomic E-state index is 4.22. The van der Waals surface area contributed by atoms with Crippen LogP contribution in [0.5, 0.6) is 0 Å². The molecule has 0 saturated heterocycles. The molecule has 0 heterocycles. The van der Waals surface area contributed by atoms with Crippen LogP contribution in [0.2, 0.25) is 0 Å². The van der Waals surface area contributed by atoms with Crippen molar-refractivity contribution >= 4 is 6.34 Å². The minimum atomic E-state index is 0.793. The third kappa shape index (κ3) is 6.10. The first-order chi connectivity index (χ1) is 7.43. The van der Waals surface area contributed by atoms with Crippen LogP contribution >= 0.6 is 0 Å². The summed E-state index contributed by atoms with van der Waals surface area (Å²) in [5, 5.41) is 2.97. The summed E-state index contributed by atoms with van der Waals surface area (Å²) in [4.78, 5) is 4.22. The first-order valence-electron chi connectivity index (χ1n) is 5.95. The monoisotopic (exact) mass is 206 g/mol. The average Bonchev–Trinajstić information content (AvgIpc) is 2.29. The number of rotatable bonds is 5. The molecule has 1 fully saturated rings. The lowest BCUT2D eigenvalue weighted by Gasteiger charge is -2.17. The summed E-state index contributed by atoms with van der Waals surface area (Å²) >= 11 is 0. The summed E-state index contributed by atoms with van der Waals surface area (Å²) in [6.45, 7) is 2.77. The maximum Gasteiger partial charge on any atom is 0.0867 e. The van der Waals surface area contributed by atoms with Crippen LogP contribution < -0.4 is 5.32 Å². The Morgan fingerprint density at radius 1 is 1.27 bits per heavy atom. The molecule has 1 rings (SSSR count). The molecule has 1 N–H and O–H groups in total. The Hall–Kier alpha value is -1.05. The van der Waals surface area contributed by atoms with Gasteiger partial charge in [0.05, 0.1) is 12.9 Å². The fraction of sp³-hybridized carbons (Fsp3) is 0.615. The summed E-state index contributed by atoms with van der Waals surface area (Å²) in [6, 6.07) is 0. The van der Waals surface area contributed by atoms with Gasteiger partial charge in [0.25, 0.3) is 0 Å². The molecular formula is C13H22N2. The van der Waals surface area contributed by atoms with Gasteiger partial charge < -0.3 is 5.32 Å². The van der Waals surface area contributed by atoms with Gasteiger partial charge in [-0.25, -0.2) is 0 Å². The Morgan fingerprint density at radius 2 is 2.07 bits per heavy atom. The van der Waals surface area contributed by atoms with E-state index in [2.05, 4.69) is 22.5 Å². The number of hydrogen-bond donors (Lipinski definition) is 1. The molecule has 0 spiro atoms. The van der Waals surface area contributed by atoms with Crippen molar-refractivity contribution in [3.63, 3.8) is 0 Å². The van der Waals surface area contributed by atoms with Crippen molar-refractivity contribution in [2.45, 2.75) is 39.0 Å². The Labute approximate surface area is 93.2 Å². The standard InChI is InChI=1S/C13H22N2/c1-2-10-14-12-15-11-6-9-13-7-4-3-5-8-13/h2,6,9-10,12-13H,3-5,7-8,11H2,1H3,(H,14,15)/b9-6-,10-2-. The second-order valence-corrected chi connectivity index (χ2v) is 3.99. The Bertz CT molecular complexity index is 223. The molecule has 2 heteroatoms. The van der Waals surface area contributed by atoms with E-state index in [0.29, 0.717) is 0 Å². The van der Waals surface area contributed by atoms with Gasteiger partial charge in [-0.15, -0.1) is 0 Å². The van der Waals surface area contributed by atoms with Gasteiger partial charge >= 0.3 is 0 Å². The van der Waals surface area contributed by atoms with Crippen molar-refractivity contribution in [2.24, 2.45) is 10.9 Å². The van der Waals surface area contributed by atoms with E-state index in [-0.39, 0.29) is 0 Å². The molecule has 2 nitrogen and oxygen atoms in total. The van der Waals surface area contributed by atoms with Crippen molar-refractivity contribution in [3.05, 3.63) is 24.4 Å². The van der Waals surface area contributed by atoms with E-state index in [1.54, 1.807) is 6.34 Å². The third-order valence-corrected chi connectivity index (χ3v) is 2.70. The minimum Gasteiger partial charge on any atom is -0.353 e. The van der Waals surface area contributed by atoms with Crippen molar-refractivity contribution in [2.75, 3.05) is 6.54 Å². The fourth-order valence-electron chi connectivity index (χ4n) is 1.89. The molecule has 0 atom stereocenters. The van der Waals surface area contributed by atoms with Gasteiger partial charge in [-0.05, 0) is 31.9 Å². The second kappa shape index (κ2) is 8.27. The summed E-state index contributed by atoms with van der Waals surface area (Å²) in [5.41, 5.74) is 0. The molecule has 0 radical (unpaired) electrons. The summed E-state index contributed by atoms with van der Waals surface area (Å²) in [7, 11) is 0. The minimum absolute atomic E-state index is 0.793. The van der Waals surface area contributed by atoms with E-state index >= 15 is 0 Å². The highest BCUT2D eigenvalue weighted by Gasteiger charge is 2.08. The van der Waals surface area contributed by atoms with Gasteiger partial charge in [-0.3, -0.25) is 4.99 Å². The molecule has 1 aliphatic rings.